The van der Waals surface area contributed by atoms with Gasteiger partial charge in [-0.1, -0.05) is 0 Å². The van der Waals surface area contributed by atoms with Crippen LogP contribution in [0.25, 0.3) is 0 Å². The monoisotopic (exact) mass is 342 g/mol. The first-order chi connectivity index (χ1) is 10.9. The maximum atomic E-state index is 12.2. The lowest BCUT2D eigenvalue weighted by atomic mass is 10.3. The molecule has 1 aliphatic heterocycles. The number of amides is 2. The van der Waals surface area contributed by atoms with Crippen molar-refractivity contribution in [3.8, 4) is 0 Å². The van der Waals surface area contributed by atoms with Crippen LogP contribution in [-0.2, 0) is 10.0 Å². The van der Waals surface area contributed by atoms with E-state index in [2.05, 4.69) is 14.9 Å². The first-order valence-corrected chi connectivity index (χ1v) is 9.23. The number of rotatable bonds is 5. The third kappa shape index (κ3) is 5.70. The molecule has 0 bridgehead atoms. The van der Waals surface area contributed by atoms with Gasteiger partial charge in [-0.25, -0.2) is 13.2 Å². The van der Waals surface area contributed by atoms with Crippen LogP contribution in [0.1, 0.15) is 0 Å². The molecule has 0 spiro atoms. The molecule has 1 heterocycles. The highest BCUT2D eigenvalue weighted by Gasteiger charge is 2.20. The highest BCUT2D eigenvalue weighted by atomic mass is 32.2. The molecule has 128 valence electrons. The maximum absolute atomic E-state index is 12.2. The summed E-state index contributed by atoms with van der Waals surface area (Å²) in [4.78, 5) is 16.0. The Balaban J connectivity index is 1.86. The Morgan fingerprint density at radius 3 is 2.22 bits per heavy atom. The lowest BCUT2D eigenvalue weighted by Crippen LogP contribution is -2.50. The molecule has 0 radical (unpaired) electrons. The van der Waals surface area contributed by atoms with Crippen LogP contribution in [0.5, 0.6) is 0 Å². The number of aliphatic hydroxyl groups excluding tert-OH is 1. The van der Waals surface area contributed by atoms with E-state index in [9.17, 15) is 13.2 Å². The van der Waals surface area contributed by atoms with E-state index in [-0.39, 0.29) is 12.6 Å². The molecule has 1 saturated heterocycles. The van der Waals surface area contributed by atoms with Crippen LogP contribution < -0.4 is 10.0 Å². The van der Waals surface area contributed by atoms with Crippen LogP contribution in [0, 0.1) is 0 Å². The predicted octanol–water partition coefficient (Wildman–Crippen LogP) is 0.200. The highest BCUT2D eigenvalue weighted by molar-refractivity contribution is 7.92. The fraction of sp³-hybridized carbons (Fsp3) is 0.500. The third-order valence-corrected chi connectivity index (χ3v) is 4.12. The van der Waals surface area contributed by atoms with Gasteiger partial charge in [-0.15, -0.1) is 0 Å². The molecule has 0 aliphatic carbocycles. The summed E-state index contributed by atoms with van der Waals surface area (Å²) in [5, 5.41) is 11.7. The zero-order valence-electron chi connectivity index (χ0n) is 13.0. The van der Waals surface area contributed by atoms with Gasteiger partial charge in [0.25, 0.3) is 0 Å². The number of β-amino-alcohol motifs (C(OH)–C–C–N with tert-alkyl or cyclic N) is 1. The van der Waals surface area contributed by atoms with Crippen molar-refractivity contribution in [1.82, 2.24) is 9.80 Å². The second-order valence-electron chi connectivity index (χ2n) is 5.43. The molecule has 0 atom stereocenters. The summed E-state index contributed by atoms with van der Waals surface area (Å²) in [6, 6.07) is 6.30. The fourth-order valence-electron chi connectivity index (χ4n) is 2.35. The Kier molecular flexibility index (Phi) is 5.80. The van der Waals surface area contributed by atoms with Crippen LogP contribution in [0.15, 0.2) is 24.3 Å². The van der Waals surface area contributed by atoms with Crippen molar-refractivity contribution in [1.29, 1.82) is 0 Å². The number of carbonyl (C=O) groups is 1. The molecule has 1 fully saturated rings. The smallest absolute Gasteiger partial charge is 0.321 e. The zero-order chi connectivity index (χ0) is 16.9. The summed E-state index contributed by atoms with van der Waals surface area (Å²) in [5.41, 5.74) is 1.05. The van der Waals surface area contributed by atoms with Crippen LogP contribution in [0.2, 0.25) is 0 Å². The lowest BCUT2D eigenvalue weighted by molar-refractivity contribution is 0.127. The molecule has 1 aromatic carbocycles. The van der Waals surface area contributed by atoms with Crippen molar-refractivity contribution in [3.05, 3.63) is 24.3 Å². The van der Waals surface area contributed by atoms with Crippen LogP contribution >= 0.6 is 0 Å². The molecule has 8 nitrogen and oxygen atoms in total. The first-order valence-electron chi connectivity index (χ1n) is 7.34. The zero-order valence-corrected chi connectivity index (χ0v) is 13.8. The number of hydrogen-bond donors (Lipinski definition) is 3. The fourth-order valence-corrected chi connectivity index (χ4v) is 2.92. The van der Waals surface area contributed by atoms with Crippen molar-refractivity contribution >= 4 is 27.4 Å². The minimum atomic E-state index is -3.31. The summed E-state index contributed by atoms with van der Waals surface area (Å²) in [7, 11) is -3.31. The number of anilines is 2. The second kappa shape index (κ2) is 7.62. The normalized spacial score (nSPS) is 16.2. The maximum Gasteiger partial charge on any atom is 0.321 e. The van der Waals surface area contributed by atoms with Gasteiger partial charge in [-0.05, 0) is 24.3 Å². The van der Waals surface area contributed by atoms with E-state index in [4.69, 9.17) is 5.11 Å². The highest BCUT2D eigenvalue weighted by Crippen LogP contribution is 2.15. The Morgan fingerprint density at radius 1 is 1.13 bits per heavy atom. The van der Waals surface area contributed by atoms with Gasteiger partial charge in [0.2, 0.25) is 10.0 Å². The van der Waals surface area contributed by atoms with E-state index in [0.717, 1.165) is 19.3 Å². The largest absolute Gasteiger partial charge is 0.395 e. The summed E-state index contributed by atoms with van der Waals surface area (Å²) >= 11 is 0. The number of aliphatic hydroxyl groups is 1. The molecule has 0 unspecified atom stereocenters. The molecule has 3 N–H and O–H groups in total. The molecule has 2 amide bonds. The third-order valence-electron chi connectivity index (χ3n) is 3.52. The average Bonchev–Trinajstić information content (AvgIpc) is 2.49. The average molecular weight is 342 g/mol. The summed E-state index contributed by atoms with van der Waals surface area (Å²) < 4.78 is 24.6. The van der Waals surface area contributed by atoms with E-state index in [0.29, 0.717) is 31.0 Å². The van der Waals surface area contributed by atoms with Gasteiger partial charge < -0.3 is 15.3 Å². The molecule has 2 rings (SSSR count). The molecule has 0 saturated carbocycles. The summed E-state index contributed by atoms with van der Waals surface area (Å²) in [6.07, 6.45) is 1.08. The standard InChI is InChI=1S/C14H22N4O4S/c1-23(21,22)16-13-4-2-12(3-5-13)15-14(20)18-8-6-17(7-9-18)10-11-19/h2-5,16,19H,6-11H2,1H3,(H,15,20). The van der Waals surface area contributed by atoms with Gasteiger partial charge in [-0.2, -0.15) is 0 Å². The molecule has 1 aromatic rings. The Bertz CT molecular complexity index is 625. The molecule has 0 aromatic heterocycles. The minimum absolute atomic E-state index is 0.125. The van der Waals surface area contributed by atoms with Crippen molar-refractivity contribution in [2.24, 2.45) is 0 Å². The summed E-state index contributed by atoms with van der Waals surface area (Å²) in [6.45, 7) is 3.46. The van der Waals surface area contributed by atoms with Gasteiger partial charge in [-0.3, -0.25) is 9.62 Å². The topological polar surface area (TPSA) is 102 Å². The molecule has 23 heavy (non-hydrogen) atoms. The number of nitrogens with one attached hydrogen (secondary N) is 2. The number of nitrogens with zero attached hydrogens (tertiary/aromatic N) is 2. The predicted molar refractivity (Wildman–Crippen MR) is 89.0 cm³/mol. The number of urea groups is 1. The van der Waals surface area contributed by atoms with Crippen molar-refractivity contribution < 1.29 is 18.3 Å². The Hall–Kier alpha value is -1.84. The van der Waals surface area contributed by atoms with E-state index in [1.807, 2.05) is 0 Å². The molecular weight excluding hydrogens is 320 g/mol. The number of hydrogen-bond acceptors (Lipinski definition) is 5. The van der Waals surface area contributed by atoms with E-state index in [1.165, 1.54) is 0 Å². The Labute approximate surface area is 136 Å². The van der Waals surface area contributed by atoms with Gasteiger partial charge in [0, 0.05) is 44.1 Å². The van der Waals surface area contributed by atoms with Crippen molar-refractivity contribution in [2.75, 3.05) is 55.6 Å². The van der Waals surface area contributed by atoms with E-state index in [1.54, 1.807) is 29.2 Å². The number of benzene rings is 1. The molecule has 1 aliphatic rings. The molecular formula is C14H22N4O4S. The van der Waals surface area contributed by atoms with Crippen LogP contribution in [-0.4, -0.2) is 74.9 Å². The van der Waals surface area contributed by atoms with Crippen LogP contribution in [0.3, 0.4) is 0 Å². The number of piperazine rings is 1. The first kappa shape index (κ1) is 17.5. The quantitative estimate of drug-likeness (QED) is 0.709. The Morgan fingerprint density at radius 2 is 1.70 bits per heavy atom. The van der Waals surface area contributed by atoms with Crippen molar-refractivity contribution in [3.63, 3.8) is 0 Å². The van der Waals surface area contributed by atoms with Gasteiger partial charge in [0.05, 0.1) is 12.9 Å². The van der Waals surface area contributed by atoms with E-state index < -0.39 is 10.0 Å². The van der Waals surface area contributed by atoms with Gasteiger partial charge in [0.15, 0.2) is 0 Å². The second-order valence-corrected chi connectivity index (χ2v) is 7.18. The minimum Gasteiger partial charge on any atom is -0.395 e. The van der Waals surface area contributed by atoms with Crippen molar-refractivity contribution in [2.45, 2.75) is 0 Å². The van der Waals surface area contributed by atoms with Gasteiger partial charge in [0.1, 0.15) is 0 Å². The molecule has 9 heteroatoms. The SMILES string of the molecule is CS(=O)(=O)Nc1ccc(NC(=O)N2CCN(CCO)CC2)cc1. The summed E-state index contributed by atoms with van der Waals surface area (Å²) in [5.74, 6) is 0. The number of sulfonamides is 1. The van der Waals surface area contributed by atoms with Gasteiger partial charge >= 0.3 is 6.03 Å². The lowest BCUT2D eigenvalue weighted by Gasteiger charge is -2.34. The number of carbonyl (C=O) groups excluding carboxylic acids is 1. The van der Waals surface area contributed by atoms with E-state index >= 15 is 0 Å². The van der Waals surface area contributed by atoms with Crippen LogP contribution in [0.4, 0.5) is 16.2 Å².